The fraction of sp³-hybridized carbons (Fsp3) is 0.708. The van der Waals surface area contributed by atoms with Crippen LogP contribution >= 0.6 is 0 Å². The predicted molar refractivity (Wildman–Crippen MR) is 124 cm³/mol. The van der Waals surface area contributed by atoms with E-state index in [9.17, 15) is 24.0 Å². The van der Waals surface area contributed by atoms with E-state index in [0.717, 1.165) is 0 Å². The van der Waals surface area contributed by atoms with Crippen LogP contribution in [0, 0.1) is 0 Å². The highest BCUT2D eigenvalue weighted by atomic mass is 16.6. The van der Waals surface area contributed by atoms with Crippen LogP contribution < -0.4 is 20.9 Å². The third-order valence-corrected chi connectivity index (χ3v) is 3.94. The van der Waals surface area contributed by atoms with Crippen molar-refractivity contribution in [2.75, 3.05) is 0 Å². The van der Waals surface area contributed by atoms with Gasteiger partial charge in [0.05, 0.1) is 18.1 Å². The molecule has 0 radical (unpaired) electrons. The van der Waals surface area contributed by atoms with E-state index in [1.807, 2.05) is 0 Å². The van der Waals surface area contributed by atoms with Crippen molar-refractivity contribution >= 4 is 18.0 Å². The maximum atomic E-state index is 13.5. The highest BCUT2D eigenvalue weighted by Crippen LogP contribution is 2.34. The number of ether oxygens (including phenoxy) is 4. The number of esters is 2. The Bertz CT molecular complexity index is 964. The van der Waals surface area contributed by atoms with Crippen LogP contribution in [0.25, 0.3) is 0 Å². The number of hydrogen-bond donors (Lipinski definition) is 1. The third kappa shape index (κ3) is 7.85. The van der Waals surface area contributed by atoms with Crippen LogP contribution in [0.4, 0.5) is 4.79 Å². The molecule has 1 aromatic rings. The highest BCUT2D eigenvalue weighted by Gasteiger charge is 2.54. The smallest absolute Gasteiger partial charge is 0.408 e. The van der Waals surface area contributed by atoms with Crippen molar-refractivity contribution in [3.05, 3.63) is 26.0 Å². The van der Waals surface area contributed by atoms with E-state index in [1.54, 1.807) is 76.2 Å². The molecule has 192 valence electrons. The average molecular weight is 484 g/mol. The highest BCUT2D eigenvalue weighted by molar-refractivity contribution is 5.93. The van der Waals surface area contributed by atoms with Crippen LogP contribution in [-0.4, -0.2) is 40.9 Å². The van der Waals surface area contributed by atoms with Gasteiger partial charge in [-0.25, -0.2) is 9.59 Å². The zero-order valence-corrected chi connectivity index (χ0v) is 22.0. The molecule has 1 aromatic carbocycles. The van der Waals surface area contributed by atoms with Gasteiger partial charge in [0.1, 0.15) is 16.8 Å². The summed E-state index contributed by atoms with van der Waals surface area (Å²) >= 11 is 0. The van der Waals surface area contributed by atoms with E-state index in [1.165, 1.54) is 0 Å². The lowest BCUT2D eigenvalue weighted by molar-refractivity contribution is -0.171. The molecule has 0 saturated carbocycles. The van der Waals surface area contributed by atoms with Gasteiger partial charge in [-0.1, -0.05) is 0 Å². The lowest BCUT2D eigenvalue weighted by Crippen LogP contribution is -2.61. The van der Waals surface area contributed by atoms with Crippen molar-refractivity contribution in [2.24, 2.45) is 0 Å². The molecule has 1 N–H and O–H groups in total. The van der Waals surface area contributed by atoms with Gasteiger partial charge >= 0.3 is 18.0 Å². The second-order valence-electron chi connectivity index (χ2n) is 11.3. The molecule has 0 aromatic heterocycles. The Kier molecular flexibility index (Phi) is 8.36. The van der Waals surface area contributed by atoms with Gasteiger partial charge in [0.2, 0.25) is 5.43 Å². The Balaban J connectivity index is 3.81. The molecule has 0 aliphatic carbocycles. The summed E-state index contributed by atoms with van der Waals surface area (Å²) in [4.78, 5) is 64.4. The monoisotopic (exact) mass is 483 g/mol. The number of carbonyl (C=O) groups is 3. The molecule has 0 spiro atoms. The van der Waals surface area contributed by atoms with Crippen molar-refractivity contribution in [3.8, 4) is 5.75 Å². The fourth-order valence-corrected chi connectivity index (χ4v) is 2.96. The molecule has 1 rings (SSSR count). The number of carbonyl (C=O) groups excluding carboxylic acids is 3. The molecule has 1 amide bonds. The van der Waals surface area contributed by atoms with Gasteiger partial charge in [-0.15, -0.1) is 0 Å². The summed E-state index contributed by atoms with van der Waals surface area (Å²) in [6, 6.07) is 0. The number of nitrogens with one attached hydrogen (secondary N) is 1. The molecular weight excluding hydrogens is 446 g/mol. The summed E-state index contributed by atoms with van der Waals surface area (Å²) in [5, 5.41) is 2.33. The lowest BCUT2D eigenvalue weighted by Gasteiger charge is -2.37. The van der Waals surface area contributed by atoms with Crippen LogP contribution in [-0.2, 0) is 29.3 Å². The number of alkyl carbamates (subject to hydrolysis) is 1. The van der Waals surface area contributed by atoms with Gasteiger partial charge in [-0.3, -0.25) is 14.4 Å². The molecule has 34 heavy (non-hydrogen) atoms. The summed E-state index contributed by atoms with van der Waals surface area (Å²) in [6.07, 6.45) is -2.48. The molecule has 0 saturated heterocycles. The Labute approximate surface area is 200 Å². The first-order valence-electron chi connectivity index (χ1n) is 11.0. The van der Waals surface area contributed by atoms with Gasteiger partial charge in [-0.05, 0) is 76.2 Å². The third-order valence-electron chi connectivity index (χ3n) is 3.94. The lowest BCUT2D eigenvalue weighted by atomic mass is 9.82. The van der Waals surface area contributed by atoms with E-state index in [-0.39, 0.29) is 0 Å². The SMILES string of the molecule is CC(C)Oc1c(C(CC(=O)OC(C)(C)C)(NC(=O)OC(C)(C)C)C(=O)OC(C)(C)C)c(=O)c1=O. The topological polar surface area (TPSA) is 134 Å². The molecule has 0 aliphatic heterocycles. The zero-order chi connectivity index (χ0) is 26.9. The molecule has 0 aliphatic rings. The normalized spacial score (nSPS) is 14.4. The number of amides is 1. The number of rotatable bonds is 7. The molecule has 1 unspecified atom stereocenters. The molecule has 10 nitrogen and oxygen atoms in total. The molecular formula is C24H37NO9. The van der Waals surface area contributed by atoms with Crippen LogP contribution in [0.2, 0.25) is 0 Å². The van der Waals surface area contributed by atoms with Crippen molar-refractivity contribution < 1.29 is 33.3 Å². The Morgan fingerprint density at radius 3 is 1.65 bits per heavy atom. The molecule has 10 heteroatoms. The van der Waals surface area contributed by atoms with Crippen molar-refractivity contribution in [1.82, 2.24) is 5.32 Å². The second kappa shape index (κ2) is 9.76. The van der Waals surface area contributed by atoms with Crippen molar-refractivity contribution in [1.29, 1.82) is 0 Å². The van der Waals surface area contributed by atoms with Crippen molar-refractivity contribution in [3.63, 3.8) is 0 Å². The largest absolute Gasteiger partial charge is 0.486 e. The Morgan fingerprint density at radius 1 is 0.765 bits per heavy atom. The molecule has 1 atom stereocenters. The van der Waals surface area contributed by atoms with Crippen LogP contribution in [0.3, 0.4) is 0 Å². The number of hydrogen-bond acceptors (Lipinski definition) is 9. The predicted octanol–water partition coefficient (Wildman–Crippen LogP) is 2.86. The van der Waals surface area contributed by atoms with Crippen LogP contribution in [0.15, 0.2) is 9.59 Å². The summed E-state index contributed by atoms with van der Waals surface area (Å²) in [6.45, 7) is 17.6. The minimum Gasteiger partial charge on any atom is -0.486 e. The van der Waals surface area contributed by atoms with E-state index in [4.69, 9.17) is 18.9 Å². The Morgan fingerprint density at radius 2 is 1.24 bits per heavy atom. The average Bonchev–Trinajstić information content (AvgIpc) is 2.55. The second-order valence-corrected chi connectivity index (χ2v) is 11.3. The standard InChI is InChI=1S/C24H37NO9/c1-13(2)31-18-15(16(27)17(18)28)24(19(29)33-22(6,7)8,12-14(26)32-21(3,4)5)25-20(30)34-23(9,10)11/h13H,12H2,1-11H3,(H,25,30). The van der Waals surface area contributed by atoms with Crippen molar-refractivity contribution in [2.45, 2.75) is 111 Å². The van der Waals surface area contributed by atoms with Gasteiger partial charge in [0.25, 0.3) is 5.43 Å². The first-order chi connectivity index (χ1) is 15.1. The van der Waals surface area contributed by atoms with E-state index in [0.29, 0.717) is 0 Å². The van der Waals surface area contributed by atoms with E-state index >= 15 is 0 Å². The molecule has 0 bridgehead atoms. The minimum absolute atomic E-state index is 0.425. The van der Waals surface area contributed by atoms with Gasteiger partial charge < -0.3 is 24.3 Å². The minimum atomic E-state index is -2.42. The fourth-order valence-electron chi connectivity index (χ4n) is 2.96. The van der Waals surface area contributed by atoms with Gasteiger partial charge in [0.15, 0.2) is 11.3 Å². The van der Waals surface area contributed by atoms with Gasteiger partial charge in [0, 0.05) is 0 Å². The molecule has 0 fully saturated rings. The van der Waals surface area contributed by atoms with E-state index in [2.05, 4.69) is 5.32 Å². The van der Waals surface area contributed by atoms with Gasteiger partial charge in [-0.2, -0.15) is 0 Å². The quantitative estimate of drug-likeness (QED) is 0.353. The maximum absolute atomic E-state index is 13.5. The summed E-state index contributed by atoms with van der Waals surface area (Å²) in [7, 11) is 0. The first-order valence-corrected chi connectivity index (χ1v) is 11.0. The molecule has 0 heterocycles. The van der Waals surface area contributed by atoms with Crippen LogP contribution in [0.5, 0.6) is 5.75 Å². The summed E-state index contributed by atoms with van der Waals surface area (Å²) < 4.78 is 21.6. The Hall–Kier alpha value is -2.91. The van der Waals surface area contributed by atoms with Crippen LogP contribution in [0.1, 0.15) is 88.1 Å². The maximum Gasteiger partial charge on any atom is 0.408 e. The zero-order valence-electron chi connectivity index (χ0n) is 22.0. The summed E-state index contributed by atoms with van der Waals surface area (Å²) in [5.41, 5.74) is -7.95. The summed E-state index contributed by atoms with van der Waals surface area (Å²) in [5.74, 6) is -2.49. The first kappa shape index (κ1) is 29.1. The van der Waals surface area contributed by atoms with E-state index < -0.39 is 75.1 Å².